The van der Waals surface area contributed by atoms with E-state index in [2.05, 4.69) is 25.7 Å². The first kappa shape index (κ1) is 15.8. The highest BCUT2D eigenvalue weighted by Crippen LogP contribution is 2.38. The van der Waals surface area contributed by atoms with Crippen molar-refractivity contribution in [1.82, 2.24) is 4.90 Å². The minimum Gasteiger partial charge on any atom is -0.481 e. The highest BCUT2D eigenvalue weighted by molar-refractivity contribution is 5.66. The normalized spacial score (nSPS) is 35.6. The number of rotatable bonds is 5. The molecule has 0 bridgehead atoms. The van der Waals surface area contributed by atoms with Crippen LogP contribution in [0.25, 0.3) is 0 Å². The van der Waals surface area contributed by atoms with Gasteiger partial charge in [0.1, 0.15) is 0 Å². The molecule has 1 saturated heterocycles. The van der Waals surface area contributed by atoms with Crippen LogP contribution in [0, 0.1) is 23.7 Å². The molecular formula is C17H31NO2. The minimum absolute atomic E-state index is 0.340. The zero-order valence-corrected chi connectivity index (χ0v) is 13.3. The van der Waals surface area contributed by atoms with Gasteiger partial charge in [-0.25, -0.2) is 0 Å². The zero-order chi connectivity index (χ0) is 14.7. The van der Waals surface area contributed by atoms with Gasteiger partial charge in [0.05, 0.1) is 0 Å². The molecule has 0 aromatic heterocycles. The van der Waals surface area contributed by atoms with Crippen LogP contribution < -0.4 is 0 Å². The van der Waals surface area contributed by atoms with Crippen molar-refractivity contribution >= 4 is 5.97 Å². The summed E-state index contributed by atoms with van der Waals surface area (Å²) in [4.78, 5) is 13.4. The third-order valence-corrected chi connectivity index (χ3v) is 5.54. The second-order valence-electron chi connectivity index (χ2n) is 7.48. The van der Waals surface area contributed by atoms with Gasteiger partial charge in [0, 0.05) is 19.0 Å². The molecule has 1 heterocycles. The average molecular weight is 281 g/mol. The lowest BCUT2D eigenvalue weighted by atomic mass is 9.73. The zero-order valence-electron chi connectivity index (χ0n) is 13.3. The molecule has 3 heteroatoms. The lowest BCUT2D eigenvalue weighted by Gasteiger charge is -2.42. The first-order chi connectivity index (χ1) is 9.47. The van der Waals surface area contributed by atoms with Crippen molar-refractivity contribution in [3.05, 3.63) is 0 Å². The van der Waals surface area contributed by atoms with Crippen molar-refractivity contribution in [1.29, 1.82) is 0 Å². The van der Waals surface area contributed by atoms with Gasteiger partial charge in [-0.1, -0.05) is 27.2 Å². The molecule has 3 nitrogen and oxygen atoms in total. The van der Waals surface area contributed by atoms with Gasteiger partial charge in [-0.15, -0.1) is 0 Å². The van der Waals surface area contributed by atoms with E-state index < -0.39 is 5.97 Å². The summed E-state index contributed by atoms with van der Waals surface area (Å²) >= 11 is 0. The van der Waals surface area contributed by atoms with E-state index >= 15 is 0 Å². The molecule has 4 atom stereocenters. The highest BCUT2D eigenvalue weighted by atomic mass is 16.4. The standard InChI is InChI=1S/C17H31NO2/c1-12(2)15-6-4-13(3)10-16(15)18-9-8-14(11-18)5-7-17(19)20/h12-16H,4-11H2,1-3H3,(H,19,20). The van der Waals surface area contributed by atoms with Gasteiger partial charge in [-0.3, -0.25) is 9.69 Å². The first-order valence-electron chi connectivity index (χ1n) is 8.43. The largest absolute Gasteiger partial charge is 0.481 e. The molecular weight excluding hydrogens is 250 g/mol. The van der Waals surface area contributed by atoms with Crippen LogP contribution in [0.15, 0.2) is 0 Å². The number of carbonyl (C=O) groups is 1. The molecule has 1 aliphatic heterocycles. The Bertz CT molecular complexity index is 329. The predicted molar refractivity (Wildman–Crippen MR) is 81.7 cm³/mol. The molecule has 0 radical (unpaired) electrons. The summed E-state index contributed by atoms with van der Waals surface area (Å²) < 4.78 is 0. The fraction of sp³-hybridized carbons (Fsp3) is 0.941. The number of aliphatic carboxylic acids is 1. The molecule has 0 aromatic carbocycles. The molecule has 4 unspecified atom stereocenters. The third kappa shape index (κ3) is 3.97. The smallest absolute Gasteiger partial charge is 0.303 e. The van der Waals surface area contributed by atoms with Gasteiger partial charge < -0.3 is 5.11 Å². The molecule has 0 amide bonds. The number of carboxylic acids is 1. The number of hydrogen-bond donors (Lipinski definition) is 1. The lowest BCUT2D eigenvalue weighted by molar-refractivity contribution is -0.137. The van der Waals surface area contributed by atoms with E-state index in [1.54, 1.807) is 0 Å². The SMILES string of the molecule is CC1CCC(C(C)C)C(N2CCC(CCC(=O)O)C2)C1. The van der Waals surface area contributed by atoms with Crippen LogP contribution in [0.2, 0.25) is 0 Å². The summed E-state index contributed by atoms with van der Waals surface area (Å²) in [6, 6.07) is 0.744. The second-order valence-corrected chi connectivity index (χ2v) is 7.48. The Morgan fingerprint density at radius 1 is 1.30 bits per heavy atom. The van der Waals surface area contributed by atoms with E-state index in [1.807, 2.05) is 0 Å². The molecule has 2 rings (SSSR count). The van der Waals surface area contributed by atoms with Gasteiger partial charge >= 0.3 is 5.97 Å². The fourth-order valence-electron chi connectivity index (χ4n) is 4.30. The molecule has 2 aliphatic rings. The number of nitrogens with zero attached hydrogens (tertiary/aromatic N) is 1. The topological polar surface area (TPSA) is 40.5 Å². The minimum atomic E-state index is -0.644. The molecule has 1 N–H and O–H groups in total. The Morgan fingerprint density at radius 3 is 2.70 bits per heavy atom. The van der Waals surface area contributed by atoms with Crippen molar-refractivity contribution in [3.63, 3.8) is 0 Å². The van der Waals surface area contributed by atoms with Gasteiger partial charge in [-0.2, -0.15) is 0 Å². The molecule has 1 saturated carbocycles. The summed E-state index contributed by atoms with van der Waals surface area (Å²) in [5.41, 5.74) is 0. The monoisotopic (exact) mass is 281 g/mol. The summed E-state index contributed by atoms with van der Waals surface area (Å²) in [5, 5.41) is 8.82. The maximum absolute atomic E-state index is 10.7. The van der Waals surface area contributed by atoms with Crippen molar-refractivity contribution in [2.24, 2.45) is 23.7 Å². The highest BCUT2D eigenvalue weighted by Gasteiger charge is 2.37. The van der Waals surface area contributed by atoms with Crippen LogP contribution in [-0.2, 0) is 4.79 Å². The lowest BCUT2D eigenvalue weighted by Crippen LogP contribution is -2.44. The van der Waals surface area contributed by atoms with Crippen LogP contribution in [0.4, 0.5) is 0 Å². The fourth-order valence-corrected chi connectivity index (χ4v) is 4.30. The molecule has 20 heavy (non-hydrogen) atoms. The summed E-state index contributed by atoms with van der Waals surface area (Å²) in [7, 11) is 0. The Labute approximate surface area is 123 Å². The van der Waals surface area contributed by atoms with Gasteiger partial charge in [0.25, 0.3) is 0 Å². The Hall–Kier alpha value is -0.570. The molecule has 2 fully saturated rings. The van der Waals surface area contributed by atoms with Gasteiger partial charge in [-0.05, 0) is 55.9 Å². The van der Waals surface area contributed by atoms with Crippen molar-refractivity contribution in [3.8, 4) is 0 Å². The van der Waals surface area contributed by atoms with E-state index in [4.69, 9.17) is 5.11 Å². The van der Waals surface area contributed by atoms with Crippen LogP contribution in [0.1, 0.15) is 59.3 Å². The van der Waals surface area contributed by atoms with E-state index in [0.717, 1.165) is 36.8 Å². The van der Waals surface area contributed by atoms with E-state index in [9.17, 15) is 4.79 Å². The van der Waals surface area contributed by atoms with Crippen LogP contribution in [0.3, 0.4) is 0 Å². The average Bonchev–Trinajstić information content (AvgIpc) is 2.84. The molecule has 0 aromatic rings. The maximum atomic E-state index is 10.7. The Kier molecular flexibility index (Phi) is 5.48. The molecule has 1 aliphatic carbocycles. The van der Waals surface area contributed by atoms with E-state index in [0.29, 0.717) is 12.3 Å². The van der Waals surface area contributed by atoms with Crippen LogP contribution >= 0.6 is 0 Å². The van der Waals surface area contributed by atoms with Crippen molar-refractivity contribution in [2.45, 2.75) is 65.3 Å². The predicted octanol–water partition coefficient (Wildman–Crippen LogP) is 3.63. The maximum Gasteiger partial charge on any atom is 0.303 e. The Balaban J connectivity index is 1.90. The number of likely N-dealkylation sites (tertiary alicyclic amines) is 1. The van der Waals surface area contributed by atoms with E-state index in [-0.39, 0.29) is 0 Å². The van der Waals surface area contributed by atoms with E-state index in [1.165, 1.54) is 32.2 Å². The molecule has 0 spiro atoms. The quantitative estimate of drug-likeness (QED) is 0.836. The number of hydrogen-bond acceptors (Lipinski definition) is 2. The summed E-state index contributed by atoms with van der Waals surface area (Å²) in [6.07, 6.45) is 6.50. The summed E-state index contributed by atoms with van der Waals surface area (Å²) in [5.74, 6) is 2.43. The summed E-state index contributed by atoms with van der Waals surface area (Å²) in [6.45, 7) is 9.44. The van der Waals surface area contributed by atoms with Crippen molar-refractivity contribution < 1.29 is 9.90 Å². The van der Waals surface area contributed by atoms with Crippen LogP contribution in [-0.4, -0.2) is 35.1 Å². The third-order valence-electron chi connectivity index (χ3n) is 5.54. The molecule has 116 valence electrons. The second kappa shape index (κ2) is 6.93. The van der Waals surface area contributed by atoms with Gasteiger partial charge in [0.15, 0.2) is 0 Å². The Morgan fingerprint density at radius 2 is 2.05 bits per heavy atom. The number of carboxylic acid groups (broad SMARTS) is 1. The van der Waals surface area contributed by atoms with Crippen LogP contribution in [0.5, 0.6) is 0 Å². The first-order valence-corrected chi connectivity index (χ1v) is 8.43. The van der Waals surface area contributed by atoms with Gasteiger partial charge in [0.2, 0.25) is 0 Å². The van der Waals surface area contributed by atoms with Crippen molar-refractivity contribution in [2.75, 3.05) is 13.1 Å².